The number of amides is 1. The molecule has 0 saturated carbocycles. The van der Waals surface area contributed by atoms with Crippen molar-refractivity contribution in [3.8, 4) is 0 Å². The smallest absolute Gasteiger partial charge is 0.254 e. The van der Waals surface area contributed by atoms with Gasteiger partial charge in [0.2, 0.25) is 0 Å². The highest BCUT2D eigenvalue weighted by Crippen LogP contribution is 2.23. The van der Waals surface area contributed by atoms with E-state index in [4.69, 9.17) is 11.6 Å². The molecule has 0 radical (unpaired) electrons. The highest BCUT2D eigenvalue weighted by molar-refractivity contribution is 9.10. The second-order valence-corrected chi connectivity index (χ2v) is 6.34. The second kappa shape index (κ2) is 6.76. The molecule has 1 aromatic carbocycles. The van der Waals surface area contributed by atoms with Crippen LogP contribution in [-0.4, -0.2) is 29.3 Å². The largest absolute Gasteiger partial charge is 0.334 e. The molecule has 104 valence electrons. The zero-order valence-corrected chi connectivity index (χ0v) is 13.5. The van der Waals surface area contributed by atoms with Gasteiger partial charge < -0.3 is 4.90 Å². The van der Waals surface area contributed by atoms with E-state index in [1.165, 1.54) is 12.8 Å². The van der Waals surface area contributed by atoms with Gasteiger partial charge in [0.1, 0.15) is 0 Å². The van der Waals surface area contributed by atoms with Crippen LogP contribution in [0.2, 0.25) is 0 Å². The van der Waals surface area contributed by atoms with Gasteiger partial charge in [0, 0.05) is 28.5 Å². The molecule has 1 unspecified atom stereocenters. The summed E-state index contributed by atoms with van der Waals surface area (Å²) >= 11 is 9.48. The van der Waals surface area contributed by atoms with E-state index >= 15 is 0 Å². The van der Waals surface area contributed by atoms with Gasteiger partial charge in [0.05, 0.1) is 0 Å². The molecule has 1 atom stereocenters. The van der Waals surface area contributed by atoms with Crippen LogP contribution in [0.1, 0.15) is 41.6 Å². The van der Waals surface area contributed by atoms with Crippen molar-refractivity contribution in [3.63, 3.8) is 0 Å². The lowest BCUT2D eigenvalue weighted by atomic mass is 10.1. The molecule has 4 heteroatoms. The van der Waals surface area contributed by atoms with Crippen LogP contribution in [0, 0.1) is 6.92 Å². The third-order valence-electron chi connectivity index (χ3n) is 3.73. The molecule has 1 heterocycles. The maximum absolute atomic E-state index is 12.7. The Kier molecular flexibility index (Phi) is 5.28. The van der Waals surface area contributed by atoms with Gasteiger partial charge >= 0.3 is 0 Å². The lowest BCUT2D eigenvalue weighted by Crippen LogP contribution is -2.41. The van der Waals surface area contributed by atoms with Crippen LogP contribution in [-0.2, 0) is 0 Å². The molecule has 0 spiro atoms. The van der Waals surface area contributed by atoms with Crippen LogP contribution >= 0.6 is 27.5 Å². The van der Waals surface area contributed by atoms with Crippen molar-refractivity contribution in [2.24, 2.45) is 0 Å². The number of carbonyl (C=O) groups is 1. The van der Waals surface area contributed by atoms with Crippen LogP contribution in [0.15, 0.2) is 22.7 Å². The first kappa shape index (κ1) is 14.9. The maximum atomic E-state index is 12.7. The summed E-state index contributed by atoms with van der Waals surface area (Å²) in [5.74, 6) is 0.652. The number of hydrogen-bond donors (Lipinski definition) is 0. The van der Waals surface area contributed by atoms with Crippen molar-refractivity contribution in [2.75, 3.05) is 12.4 Å². The van der Waals surface area contributed by atoms with Crippen molar-refractivity contribution < 1.29 is 4.79 Å². The summed E-state index contributed by atoms with van der Waals surface area (Å²) in [4.78, 5) is 14.7. The van der Waals surface area contributed by atoms with E-state index in [2.05, 4.69) is 15.9 Å². The molecule has 0 N–H and O–H groups in total. The van der Waals surface area contributed by atoms with E-state index in [-0.39, 0.29) is 11.9 Å². The topological polar surface area (TPSA) is 20.3 Å². The van der Waals surface area contributed by atoms with E-state index in [0.717, 1.165) is 35.0 Å². The lowest BCUT2D eigenvalue weighted by molar-refractivity contribution is 0.0699. The van der Waals surface area contributed by atoms with Crippen LogP contribution in [0.5, 0.6) is 0 Å². The first-order valence-electron chi connectivity index (χ1n) is 6.76. The number of halogens is 2. The normalized spacial score (nSPS) is 20.2. The molecule has 1 amide bonds. The number of rotatable bonds is 2. The van der Waals surface area contributed by atoms with Crippen molar-refractivity contribution in [2.45, 2.75) is 38.6 Å². The molecular formula is C15H19BrClNO. The third-order valence-corrected chi connectivity index (χ3v) is 4.58. The monoisotopic (exact) mass is 343 g/mol. The van der Waals surface area contributed by atoms with E-state index in [0.29, 0.717) is 5.88 Å². The quantitative estimate of drug-likeness (QED) is 0.729. The summed E-state index contributed by atoms with van der Waals surface area (Å²) in [6, 6.07) is 5.99. The predicted octanol–water partition coefficient (Wildman–Crippen LogP) is 4.38. The van der Waals surface area contributed by atoms with Gasteiger partial charge in [-0.05, 0) is 43.5 Å². The Labute approximate surface area is 128 Å². The molecule has 0 aliphatic carbocycles. The number of hydrogen-bond acceptors (Lipinski definition) is 1. The Morgan fingerprint density at radius 2 is 2.21 bits per heavy atom. The highest BCUT2D eigenvalue weighted by Gasteiger charge is 2.26. The van der Waals surface area contributed by atoms with Gasteiger partial charge in [0.15, 0.2) is 0 Å². The summed E-state index contributed by atoms with van der Waals surface area (Å²) in [6.07, 6.45) is 4.45. The number of benzene rings is 1. The second-order valence-electron chi connectivity index (χ2n) is 5.12. The Hall–Kier alpha value is -0.540. The molecule has 0 bridgehead atoms. The molecular weight excluding hydrogens is 326 g/mol. The highest BCUT2D eigenvalue weighted by atomic mass is 79.9. The molecule has 1 aromatic rings. The number of aryl methyl sites for hydroxylation is 1. The average Bonchev–Trinajstić information content (AvgIpc) is 2.63. The maximum Gasteiger partial charge on any atom is 0.254 e. The molecule has 1 aliphatic rings. The van der Waals surface area contributed by atoms with Crippen LogP contribution in [0.3, 0.4) is 0 Å². The van der Waals surface area contributed by atoms with Gasteiger partial charge in [-0.1, -0.05) is 28.8 Å². The Morgan fingerprint density at radius 1 is 1.42 bits per heavy atom. The van der Waals surface area contributed by atoms with Crippen LogP contribution in [0.4, 0.5) is 0 Å². The molecule has 2 rings (SSSR count). The molecule has 1 aliphatic heterocycles. The predicted molar refractivity (Wildman–Crippen MR) is 82.9 cm³/mol. The SMILES string of the molecule is Cc1cc(Br)ccc1C(=O)N1CCCCCC1CCl. The lowest BCUT2D eigenvalue weighted by Gasteiger charge is -2.29. The molecule has 2 nitrogen and oxygen atoms in total. The number of alkyl halides is 1. The van der Waals surface area contributed by atoms with Gasteiger partial charge in [-0.15, -0.1) is 11.6 Å². The fraction of sp³-hybridized carbons (Fsp3) is 0.533. The van der Waals surface area contributed by atoms with Crippen LogP contribution < -0.4 is 0 Å². The summed E-state index contributed by atoms with van der Waals surface area (Å²) in [5.41, 5.74) is 1.80. The van der Waals surface area contributed by atoms with Crippen molar-refractivity contribution >= 4 is 33.4 Å². The Balaban J connectivity index is 2.25. The standard InChI is InChI=1S/C15H19BrClNO/c1-11-9-12(16)6-7-14(11)15(19)18-8-4-2-3-5-13(18)10-17/h6-7,9,13H,2-5,8,10H2,1H3. The van der Waals surface area contributed by atoms with Gasteiger partial charge in [-0.3, -0.25) is 4.79 Å². The van der Waals surface area contributed by atoms with Crippen molar-refractivity contribution in [1.82, 2.24) is 4.90 Å². The molecule has 1 saturated heterocycles. The van der Waals surface area contributed by atoms with E-state index < -0.39 is 0 Å². The first-order chi connectivity index (χ1) is 9.13. The summed E-state index contributed by atoms with van der Waals surface area (Å²) in [7, 11) is 0. The van der Waals surface area contributed by atoms with Crippen LogP contribution in [0.25, 0.3) is 0 Å². The molecule has 0 aromatic heterocycles. The molecule has 1 fully saturated rings. The van der Waals surface area contributed by atoms with E-state index in [9.17, 15) is 4.79 Å². The fourth-order valence-electron chi connectivity index (χ4n) is 2.63. The Bertz CT molecular complexity index is 463. The minimum atomic E-state index is 0.123. The van der Waals surface area contributed by atoms with Gasteiger partial charge in [-0.2, -0.15) is 0 Å². The third kappa shape index (κ3) is 3.51. The average molecular weight is 345 g/mol. The van der Waals surface area contributed by atoms with Crippen molar-refractivity contribution in [3.05, 3.63) is 33.8 Å². The summed E-state index contributed by atoms with van der Waals surface area (Å²) in [5, 5.41) is 0. The van der Waals surface area contributed by atoms with Gasteiger partial charge in [0.25, 0.3) is 5.91 Å². The van der Waals surface area contributed by atoms with E-state index in [1.54, 1.807) is 0 Å². The zero-order valence-electron chi connectivity index (χ0n) is 11.2. The zero-order chi connectivity index (χ0) is 13.8. The number of nitrogens with zero attached hydrogens (tertiary/aromatic N) is 1. The summed E-state index contributed by atoms with van der Waals surface area (Å²) in [6.45, 7) is 2.80. The van der Waals surface area contributed by atoms with Crippen molar-refractivity contribution in [1.29, 1.82) is 0 Å². The Morgan fingerprint density at radius 3 is 2.89 bits per heavy atom. The molecule has 19 heavy (non-hydrogen) atoms. The fourth-order valence-corrected chi connectivity index (χ4v) is 3.42. The van der Waals surface area contributed by atoms with E-state index in [1.807, 2.05) is 30.0 Å². The van der Waals surface area contributed by atoms with Gasteiger partial charge in [-0.25, -0.2) is 0 Å². The number of carbonyl (C=O) groups excluding carboxylic acids is 1. The first-order valence-corrected chi connectivity index (χ1v) is 8.09. The summed E-state index contributed by atoms with van der Waals surface area (Å²) < 4.78 is 1.01. The minimum absolute atomic E-state index is 0.123. The number of likely N-dealkylation sites (tertiary alicyclic amines) is 1. The minimum Gasteiger partial charge on any atom is -0.334 e.